The van der Waals surface area contributed by atoms with E-state index in [0.29, 0.717) is 11.1 Å². The Morgan fingerprint density at radius 1 is 1.30 bits per heavy atom. The van der Waals surface area contributed by atoms with Crippen molar-refractivity contribution >= 4 is 11.8 Å². The van der Waals surface area contributed by atoms with Crippen molar-refractivity contribution in [1.82, 2.24) is 10.3 Å². The number of nitrogens with zero attached hydrogens (tertiary/aromatic N) is 1. The third kappa shape index (κ3) is 4.39. The smallest absolute Gasteiger partial charge is 0.260 e. The van der Waals surface area contributed by atoms with Gasteiger partial charge in [0, 0.05) is 11.4 Å². The highest BCUT2D eigenvalue weighted by Crippen LogP contribution is 2.28. The average Bonchev–Trinajstić information content (AvgIpc) is 2.77. The van der Waals surface area contributed by atoms with Gasteiger partial charge in [-0.1, -0.05) is 19.9 Å². The van der Waals surface area contributed by atoms with Crippen LogP contribution in [-0.2, 0) is 6.54 Å². The van der Waals surface area contributed by atoms with Crippen LogP contribution in [0.15, 0.2) is 39.0 Å². The van der Waals surface area contributed by atoms with E-state index in [4.69, 9.17) is 4.42 Å². The van der Waals surface area contributed by atoms with Crippen LogP contribution < -0.4 is 5.32 Å². The monoisotopic (exact) mass is 290 g/mol. The van der Waals surface area contributed by atoms with Crippen LogP contribution in [0, 0.1) is 19.8 Å². The topological polar surface area (TPSA) is 38.1 Å². The third-order valence-corrected chi connectivity index (χ3v) is 3.84. The first-order valence-electron chi connectivity index (χ1n) is 6.95. The molecule has 0 unspecified atom stereocenters. The normalized spacial score (nSPS) is 11.2. The minimum Gasteiger partial charge on any atom is -0.439 e. The first kappa shape index (κ1) is 15.1. The van der Waals surface area contributed by atoms with Gasteiger partial charge in [-0.05, 0) is 61.3 Å². The molecule has 2 aromatic rings. The van der Waals surface area contributed by atoms with Gasteiger partial charge in [0.05, 0.1) is 5.69 Å². The lowest BCUT2D eigenvalue weighted by molar-refractivity contribution is 0.454. The number of benzene rings is 1. The molecule has 3 nitrogen and oxygen atoms in total. The van der Waals surface area contributed by atoms with Gasteiger partial charge < -0.3 is 9.73 Å². The van der Waals surface area contributed by atoms with E-state index in [1.807, 2.05) is 6.92 Å². The highest BCUT2D eigenvalue weighted by molar-refractivity contribution is 7.99. The second-order valence-electron chi connectivity index (χ2n) is 5.47. The van der Waals surface area contributed by atoms with Crippen molar-refractivity contribution < 1.29 is 4.42 Å². The maximum atomic E-state index is 5.37. The summed E-state index contributed by atoms with van der Waals surface area (Å²) < 4.78 is 5.37. The molecule has 4 heteroatoms. The lowest BCUT2D eigenvalue weighted by Crippen LogP contribution is -2.19. The Kier molecular flexibility index (Phi) is 5.26. The molecule has 0 radical (unpaired) electrons. The zero-order valence-electron chi connectivity index (χ0n) is 12.6. The van der Waals surface area contributed by atoms with Gasteiger partial charge in [0.2, 0.25) is 0 Å². The second-order valence-corrected chi connectivity index (χ2v) is 6.49. The third-order valence-electron chi connectivity index (χ3n) is 2.99. The van der Waals surface area contributed by atoms with Crippen LogP contribution in [0.4, 0.5) is 0 Å². The summed E-state index contributed by atoms with van der Waals surface area (Å²) in [5.41, 5.74) is 3.56. The van der Waals surface area contributed by atoms with Gasteiger partial charge in [0.15, 0.2) is 0 Å². The van der Waals surface area contributed by atoms with Crippen molar-refractivity contribution in [3.63, 3.8) is 0 Å². The van der Waals surface area contributed by atoms with Crippen molar-refractivity contribution in [2.45, 2.75) is 44.4 Å². The van der Waals surface area contributed by atoms with E-state index in [-0.39, 0.29) is 0 Å². The summed E-state index contributed by atoms with van der Waals surface area (Å²) in [5, 5.41) is 4.18. The summed E-state index contributed by atoms with van der Waals surface area (Å²) in [4.78, 5) is 5.47. The van der Waals surface area contributed by atoms with Gasteiger partial charge in [-0.25, -0.2) is 4.98 Å². The van der Waals surface area contributed by atoms with Gasteiger partial charge in [-0.2, -0.15) is 0 Å². The predicted octanol–water partition coefficient (Wildman–Crippen LogP) is 4.19. The zero-order valence-corrected chi connectivity index (χ0v) is 13.4. The van der Waals surface area contributed by atoms with E-state index >= 15 is 0 Å². The van der Waals surface area contributed by atoms with Crippen LogP contribution in [0.25, 0.3) is 0 Å². The largest absolute Gasteiger partial charge is 0.439 e. The molecule has 0 aliphatic heterocycles. The molecule has 2 rings (SSSR count). The SMILES string of the molecule is Cc1coc(Sc2ccc(CNCC(C)C)c(C)c2)n1. The van der Waals surface area contributed by atoms with Gasteiger partial charge in [-0.3, -0.25) is 0 Å². The van der Waals surface area contributed by atoms with Gasteiger partial charge >= 0.3 is 0 Å². The number of hydrogen-bond acceptors (Lipinski definition) is 4. The molecule has 0 saturated carbocycles. The van der Waals surface area contributed by atoms with Crippen molar-refractivity contribution in [3.05, 3.63) is 41.3 Å². The summed E-state index contributed by atoms with van der Waals surface area (Å²) in [7, 11) is 0. The van der Waals surface area contributed by atoms with Crippen LogP contribution in [0.1, 0.15) is 30.7 Å². The Balaban J connectivity index is 1.98. The van der Waals surface area contributed by atoms with E-state index in [9.17, 15) is 0 Å². The summed E-state index contributed by atoms with van der Waals surface area (Å²) in [6, 6.07) is 6.50. The number of aryl methyl sites for hydroxylation is 2. The summed E-state index contributed by atoms with van der Waals surface area (Å²) in [5.74, 6) is 0.679. The Labute approximate surface area is 125 Å². The molecular weight excluding hydrogens is 268 g/mol. The number of nitrogens with one attached hydrogen (secondary N) is 1. The highest BCUT2D eigenvalue weighted by Gasteiger charge is 2.06. The molecule has 1 aromatic carbocycles. The first-order valence-corrected chi connectivity index (χ1v) is 7.76. The van der Waals surface area contributed by atoms with Crippen LogP contribution in [-0.4, -0.2) is 11.5 Å². The molecular formula is C16H22N2OS. The number of hydrogen-bond donors (Lipinski definition) is 1. The quantitative estimate of drug-likeness (QED) is 0.865. The average molecular weight is 290 g/mol. The van der Waals surface area contributed by atoms with Crippen molar-refractivity contribution in [2.24, 2.45) is 5.92 Å². The van der Waals surface area contributed by atoms with Crippen LogP contribution in [0.2, 0.25) is 0 Å². The summed E-state index contributed by atoms with van der Waals surface area (Å²) >= 11 is 1.56. The number of oxazole rings is 1. The molecule has 0 atom stereocenters. The first-order chi connectivity index (χ1) is 9.54. The van der Waals surface area contributed by atoms with Crippen LogP contribution >= 0.6 is 11.8 Å². The van der Waals surface area contributed by atoms with E-state index < -0.39 is 0 Å². The molecule has 0 spiro atoms. The second kappa shape index (κ2) is 6.95. The fourth-order valence-electron chi connectivity index (χ4n) is 1.91. The molecule has 108 valence electrons. The molecule has 0 saturated heterocycles. The zero-order chi connectivity index (χ0) is 14.5. The minimum absolute atomic E-state index is 0.679. The number of aromatic nitrogens is 1. The maximum absolute atomic E-state index is 5.37. The van der Waals surface area contributed by atoms with Crippen molar-refractivity contribution in [1.29, 1.82) is 0 Å². The fourth-order valence-corrected chi connectivity index (χ4v) is 2.77. The fraction of sp³-hybridized carbons (Fsp3) is 0.438. The van der Waals surface area contributed by atoms with E-state index in [2.05, 4.69) is 49.3 Å². The minimum atomic E-state index is 0.679. The van der Waals surface area contributed by atoms with Gasteiger partial charge in [0.1, 0.15) is 6.26 Å². The molecule has 0 fully saturated rings. The van der Waals surface area contributed by atoms with Crippen LogP contribution in [0.3, 0.4) is 0 Å². The van der Waals surface area contributed by atoms with Crippen molar-refractivity contribution in [3.8, 4) is 0 Å². The molecule has 0 aliphatic carbocycles. The molecule has 0 bridgehead atoms. The molecule has 0 amide bonds. The summed E-state index contributed by atoms with van der Waals surface area (Å²) in [6.07, 6.45) is 1.68. The Bertz CT molecular complexity index is 563. The maximum Gasteiger partial charge on any atom is 0.260 e. The standard InChI is InChI=1S/C16H22N2OS/c1-11(2)8-17-9-14-5-6-15(7-12(14)3)20-16-18-13(4)10-19-16/h5-7,10-11,17H,8-9H2,1-4H3. The molecule has 0 aliphatic rings. The lowest BCUT2D eigenvalue weighted by Gasteiger charge is -2.10. The lowest BCUT2D eigenvalue weighted by atomic mass is 10.1. The highest BCUT2D eigenvalue weighted by atomic mass is 32.2. The van der Waals surface area contributed by atoms with Gasteiger partial charge in [0.25, 0.3) is 5.22 Å². The van der Waals surface area contributed by atoms with Crippen LogP contribution in [0.5, 0.6) is 0 Å². The molecule has 20 heavy (non-hydrogen) atoms. The van der Waals surface area contributed by atoms with E-state index in [0.717, 1.165) is 23.7 Å². The molecule has 1 N–H and O–H groups in total. The Morgan fingerprint density at radius 2 is 2.10 bits per heavy atom. The van der Waals surface area contributed by atoms with Gasteiger partial charge in [-0.15, -0.1) is 0 Å². The predicted molar refractivity (Wildman–Crippen MR) is 83.1 cm³/mol. The summed E-state index contributed by atoms with van der Waals surface area (Å²) in [6.45, 7) is 10.5. The Morgan fingerprint density at radius 3 is 2.70 bits per heavy atom. The number of rotatable bonds is 6. The molecule has 1 heterocycles. The van der Waals surface area contributed by atoms with E-state index in [1.165, 1.54) is 11.1 Å². The Hall–Kier alpha value is -1.26. The molecule has 1 aromatic heterocycles. The van der Waals surface area contributed by atoms with E-state index in [1.54, 1.807) is 18.0 Å². The van der Waals surface area contributed by atoms with Crippen molar-refractivity contribution in [2.75, 3.05) is 6.54 Å².